The van der Waals surface area contributed by atoms with E-state index in [9.17, 15) is 13.2 Å². The number of halogens is 2. The van der Waals surface area contributed by atoms with Crippen LogP contribution in [0.15, 0.2) is 44.4 Å². The number of aromatic nitrogens is 2. The Morgan fingerprint density at radius 2 is 2.00 bits per heavy atom. The molecule has 198 valence electrons. The minimum absolute atomic E-state index is 0.0276. The van der Waals surface area contributed by atoms with Crippen LogP contribution in [0.4, 0.5) is 10.1 Å². The van der Waals surface area contributed by atoms with Crippen LogP contribution >= 0.6 is 11.6 Å². The lowest BCUT2D eigenvalue weighted by molar-refractivity contribution is 0.229. The predicted molar refractivity (Wildman–Crippen MR) is 138 cm³/mol. The topological polar surface area (TPSA) is 103 Å². The Hall–Kier alpha value is -2.73. The summed E-state index contributed by atoms with van der Waals surface area (Å²) in [6.07, 6.45) is 0.833. The summed E-state index contributed by atoms with van der Waals surface area (Å²) < 4.78 is 50.1. The van der Waals surface area contributed by atoms with Crippen LogP contribution in [0.25, 0.3) is 0 Å². The average molecular weight is 550 g/mol. The molecule has 1 saturated heterocycles. The second kappa shape index (κ2) is 9.54. The van der Waals surface area contributed by atoms with Crippen molar-refractivity contribution in [1.29, 1.82) is 0 Å². The number of nitrogens with zero attached hydrogens (tertiary/aromatic N) is 4. The molecular weight excluding hydrogens is 521 g/mol. The number of sulfonamides is 1. The molecule has 0 aliphatic carbocycles. The van der Waals surface area contributed by atoms with Gasteiger partial charge >= 0.3 is 5.76 Å². The smallest absolute Gasteiger partial charge is 0.391 e. The molecule has 3 atom stereocenters. The number of benzene rings is 2. The number of rotatable bonds is 5. The van der Waals surface area contributed by atoms with Gasteiger partial charge in [0.15, 0.2) is 0 Å². The number of likely N-dealkylation sites (N-methyl/N-ethyl adjacent to an activating group) is 1. The molecule has 2 aromatic carbocycles. The third kappa shape index (κ3) is 4.47. The molecule has 5 rings (SSSR count). The lowest BCUT2D eigenvalue weighted by Gasteiger charge is -2.44. The Morgan fingerprint density at radius 3 is 2.65 bits per heavy atom. The van der Waals surface area contributed by atoms with E-state index in [4.69, 9.17) is 16.0 Å². The molecule has 3 heterocycles. The maximum absolute atomic E-state index is 15.3. The number of likely N-dealkylation sites (tertiary alicyclic amines) is 1. The van der Waals surface area contributed by atoms with Crippen molar-refractivity contribution >= 4 is 27.3 Å². The molecule has 2 unspecified atom stereocenters. The highest BCUT2D eigenvalue weighted by molar-refractivity contribution is 7.89. The number of hydrogen-bond acceptors (Lipinski definition) is 7. The normalized spacial score (nSPS) is 21.7. The molecule has 12 heteroatoms. The number of H-pyrrole nitrogens is 1. The molecule has 1 fully saturated rings. The third-order valence-corrected chi connectivity index (χ3v) is 9.69. The van der Waals surface area contributed by atoms with Crippen LogP contribution in [-0.2, 0) is 10.0 Å². The van der Waals surface area contributed by atoms with E-state index < -0.39 is 33.6 Å². The quantitative estimate of drug-likeness (QED) is 0.516. The van der Waals surface area contributed by atoms with Crippen LogP contribution in [0.5, 0.6) is 0 Å². The Morgan fingerprint density at radius 1 is 1.24 bits per heavy atom. The number of aryl methyl sites for hydroxylation is 1. The Balaban J connectivity index is 1.70. The first-order valence-corrected chi connectivity index (χ1v) is 13.9. The first-order valence-electron chi connectivity index (χ1n) is 12.1. The van der Waals surface area contributed by atoms with Gasteiger partial charge in [-0.2, -0.15) is 4.31 Å². The summed E-state index contributed by atoms with van der Waals surface area (Å²) in [6, 6.07) is 6.68. The van der Waals surface area contributed by atoms with E-state index in [1.807, 2.05) is 18.9 Å². The number of hydrogen-bond donors (Lipinski definition) is 1. The van der Waals surface area contributed by atoms with Crippen LogP contribution in [0, 0.1) is 19.7 Å². The molecule has 0 bridgehead atoms. The van der Waals surface area contributed by atoms with Gasteiger partial charge in [0.2, 0.25) is 15.9 Å². The highest BCUT2D eigenvalue weighted by Gasteiger charge is 2.47. The van der Waals surface area contributed by atoms with E-state index in [-0.39, 0.29) is 23.5 Å². The van der Waals surface area contributed by atoms with Crippen molar-refractivity contribution in [3.05, 3.63) is 74.3 Å². The van der Waals surface area contributed by atoms with E-state index in [0.29, 0.717) is 21.8 Å². The summed E-state index contributed by atoms with van der Waals surface area (Å²) >= 11 is 6.30. The fourth-order valence-corrected chi connectivity index (χ4v) is 7.50. The molecule has 0 radical (unpaired) electrons. The van der Waals surface area contributed by atoms with Crippen LogP contribution in [0.3, 0.4) is 0 Å². The lowest BCUT2D eigenvalue weighted by atomic mass is 9.87. The minimum atomic E-state index is -4.12. The summed E-state index contributed by atoms with van der Waals surface area (Å²) in [7, 11) is -2.10. The summed E-state index contributed by atoms with van der Waals surface area (Å²) in [4.78, 5) is 16.3. The van der Waals surface area contributed by atoms with Crippen molar-refractivity contribution in [2.24, 2.45) is 0 Å². The monoisotopic (exact) mass is 549 g/mol. The third-order valence-electron chi connectivity index (χ3n) is 7.60. The van der Waals surface area contributed by atoms with Gasteiger partial charge in [0.25, 0.3) is 0 Å². The van der Waals surface area contributed by atoms with E-state index in [1.165, 1.54) is 22.5 Å². The Kier molecular flexibility index (Phi) is 6.68. The first-order chi connectivity index (χ1) is 17.5. The summed E-state index contributed by atoms with van der Waals surface area (Å²) in [5, 5.41) is 6.68. The molecule has 0 saturated carbocycles. The highest BCUT2D eigenvalue weighted by Crippen LogP contribution is 2.45. The van der Waals surface area contributed by atoms with Gasteiger partial charge in [-0.05, 0) is 74.8 Å². The van der Waals surface area contributed by atoms with E-state index in [0.717, 1.165) is 25.1 Å². The van der Waals surface area contributed by atoms with E-state index in [1.54, 1.807) is 26.0 Å². The molecule has 2 aliphatic heterocycles. The standard InChI is InChI=1S/C25H29ClFN5O4S/c1-14-5-7-19(27)22(15(14)2)16(3)23(24-28-29-25(33)36-24)32-13-31(18-9-10-30(4)12-18)20-11-17(26)6-8-21(20)37(32,34)35/h5-8,11,16,18,23H,9-10,12-13H2,1-4H3,(H,29,33)/t16?,18-,23?/m1/s1. The molecule has 0 spiro atoms. The van der Waals surface area contributed by atoms with Crippen molar-refractivity contribution in [3.63, 3.8) is 0 Å². The highest BCUT2D eigenvalue weighted by atomic mass is 35.5. The number of anilines is 1. The zero-order chi connectivity index (χ0) is 26.6. The van der Waals surface area contributed by atoms with E-state index >= 15 is 4.39 Å². The van der Waals surface area contributed by atoms with Gasteiger partial charge in [0.05, 0.1) is 12.4 Å². The Bertz CT molecular complexity index is 1510. The van der Waals surface area contributed by atoms with Crippen molar-refractivity contribution in [3.8, 4) is 0 Å². The van der Waals surface area contributed by atoms with Gasteiger partial charge in [0.1, 0.15) is 16.8 Å². The number of nitrogens with one attached hydrogen (secondary N) is 1. The minimum Gasteiger partial charge on any atom is -0.391 e. The molecular formula is C25H29ClFN5O4S. The second-order valence-corrected chi connectivity index (χ2v) is 12.2. The number of aromatic amines is 1. The average Bonchev–Trinajstić information content (AvgIpc) is 3.46. The number of fused-ring (bicyclic) bond motifs is 1. The fourth-order valence-electron chi connectivity index (χ4n) is 5.55. The molecule has 37 heavy (non-hydrogen) atoms. The molecule has 9 nitrogen and oxygen atoms in total. The van der Waals surface area contributed by atoms with E-state index in [2.05, 4.69) is 15.1 Å². The van der Waals surface area contributed by atoms with Crippen LogP contribution in [0.2, 0.25) is 5.02 Å². The van der Waals surface area contributed by atoms with Gasteiger partial charge in [-0.15, -0.1) is 5.10 Å². The van der Waals surface area contributed by atoms with Gasteiger partial charge in [-0.1, -0.05) is 24.6 Å². The lowest BCUT2D eigenvalue weighted by Crippen LogP contribution is -2.53. The van der Waals surface area contributed by atoms with Gasteiger partial charge in [0, 0.05) is 23.5 Å². The maximum Gasteiger partial charge on any atom is 0.434 e. The van der Waals surface area contributed by atoms with Crippen LogP contribution in [0.1, 0.15) is 47.9 Å². The predicted octanol–water partition coefficient (Wildman–Crippen LogP) is 3.79. The van der Waals surface area contributed by atoms with Gasteiger partial charge in [-0.3, -0.25) is 0 Å². The summed E-state index contributed by atoms with van der Waals surface area (Å²) in [6.45, 7) is 6.96. The molecule has 2 aliphatic rings. The molecule has 1 N–H and O–H groups in total. The molecule has 1 aromatic heterocycles. The van der Waals surface area contributed by atoms with Crippen molar-refractivity contribution in [2.45, 2.75) is 50.1 Å². The summed E-state index contributed by atoms with van der Waals surface area (Å²) in [5.41, 5.74) is 2.44. The van der Waals surface area contributed by atoms with Crippen LogP contribution in [-0.4, -0.2) is 60.7 Å². The molecule has 0 amide bonds. The van der Waals surface area contributed by atoms with Crippen molar-refractivity contribution < 1.29 is 17.2 Å². The second-order valence-electron chi connectivity index (χ2n) is 9.91. The Labute approximate surface area is 219 Å². The first kappa shape index (κ1) is 25.9. The zero-order valence-electron chi connectivity index (χ0n) is 21.0. The fraction of sp³-hybridized carbons (Fsp3) is 0.440. The summed E-state index contributed by atoms with van der Waals surface area (Å²) in [5.74, 6) is -2.13. The zero-order valence-corrected chi connectivity index (χ0v) is 22.6. The van der Waals surface area contributed by atoms with Crippen molar-refractivity contribution in [1.82, 2.24) is 19.4 Å². The van der Waals surface area contributed by atoms with Gasteiger partial charge < -0.3 is 14.2 Å². The maximum atomic E-state index is 15.3. The van der Waals surface area contributed by atoms with Crippen LogP contribution < -0.4 is 10.7 Å². The molecule has 3 aromatic rings. The largest absolute Gasteiger partial charge is 0.434 e. The van der Waals surface area contributed by atoms with Gasteiger partial charge in [-0.25, -0.2) is 22.7 Å². The SMILES string of the molecule is Cc1ccc(F)c(C(C)C(c2n[nH]c(=O)o2)N2CN([C@@H]3CCN(C)C3)c3cc(Cl)ccc3S2(=O)=O)c1C. The van der Waals surface area contributed by atoms with Crippen molar-refractivity contribution in [2.75, 3.05) is 31.7 Å².